The Kier molecular flexibility index (Phi) is 10.00. The molecule has 0 aliphatic carbocycles. The summed E-state index contributed by atoms with van der Waals surface area (Å²) in [5, 5.41) is 4.83. The molecule has 11 nitrogen and oxygen atoms in total. The molecule has 11 heteroatoms. The summed E-state index contributed by atoms with van der Waals surface area (Å²) >= 11 is 0. The summed E-state index contributed by atoms with van der Waals surface area (Å²) in [5.74, 6) is -4.76. The number of Topliss-reactive ketones (excluding diaryl/α,β-unsaturated/α-hetero) is 1. The van der Waals surface area contributed by atoms with Crippen LogP contribution in [0.2, 0.25) is 0 Å². The van der Waals surface area contributed by atoms with Crippen LogP contribution in [-0.4, -0.2) is 59.1 Å². The lowest BCUT2D eigenvalue weighted by atomic mass is 10.0. The molecule has 1 aliphatic rings. The first-order valence-corrected chi connectivity index (χ1v) is 13.6. The number of rotatable bonds is 12. The third-order valence-electron chi connectivity index (χ3n) is 6.70. The van der Waals surface area contributed by atoms with E-state index in [4.69, 9.17) is 9.47 Å². The summed E-state index contributed by atoms with van der Waals surface area (Å²) in [5.41, 5.74) is 1.64. The number of carbonyl (C=O) groups excluding carboxylic acids is 6. The zero-order valence-corrected chi connectivity index (χ0v) is 23.6. The molecule has 3 aromatic carbocycles. The molecule has 1 heterocycles. The van der Waals surface area contributed by atoms with Crippen molar-refractivity contribution < 1.29 is 38.2 Å². The standard InChI is InChI=1S/C32H31N3O8/c1-20(2)26(34-32(41)43-19-22-13-7-4-8-14-22)28(37)33-27(31(40)42-18-21-11-5-3-6-12-21)25(36)17-35-29(38)23-15-9-10-16-24(23)30(35)39/h3-16,20,26-27H,17-19H2,1-2H3,(H,33,37)(H,34,41)/t26-,27-/m0/s1. The monoisotopic (exact) mass is 585 g/mol. The number of ether oxygens (including phenoxy) is 2. The quantitative estimate of drug-likeness (QED) is 0.187. The first-order valence-electron chi connectivity index (χ1n) is 13.6. The molecule has 1 aliphatic heterocycles. The minimum atomic E-state index is -1.87. The molecule has 4 rings (SSSR count). The highest BCUT2D eigenvalue weighted by molar-refractivity contribution is 6.23. The summed E-state index contributed by atoms with van der Waals surface area (Å²) in [6.07, 6.45) is -0.877. The average molecular weight is 586 g/mol. The summed E-state index contributed by atoms with van der Waals surface area (Å²) in [4.78, 5) is 78.8. The van der Waals surface area contributed by atoms with Gasteiger partial charge in [0.1, 0.15) is 19.3 Å². The SMILES string of the molecule is CC(C)[C@H](NC(=O)OCc1ccccc1)C(=O)N[C@@H](C(=O)CN1C(=O)c2ccccc2C1=O)C(=O)OCc1ccccc1. The van der Waals surface area contributed by atoms with Crippen molar-refractivity contribution in [2.75, 3.05) is 6.54 Å². The zero-order valence-electron chi connectivity index (χ0n) is 23.6. The molecule has 43 heavy (non-hydrogen) atoms. The highest BCUT2D eigenvalue weighted by atomic mass is 16.5. The van der Waals surface area contributed by atoms with Gasteiger partial charge in [0.15, 0.2) is 11.8 Å². The Labute approximate surface area is 248 Å². The molecule has 0 saturated heterocycles. The molecule has 0 bridgehead atoms. The van der Waals surface area contributed by atoms with Gasteiger partial charge in [-0.1, -0.05) is 86.6 Å². The third-order valence-corrected chi connectivity index (χ3v) is 6.70. The van der Waals surface area contributed by atoms with Crippen molar-refractivity contribution in [3.63, 3.8) is 0 Å². The maximum atomic E-state index is 13.4. The number of nitrogens with zero attached hydrogens (tertiary/aromatic N) is 1. The summed E-state index contributed by atoms with van der Waals surface area (Å²) in [6.45, 7) is 2.31. The number of nitrogens with one attached hydrogen (secondary N) is 2. The number of carbonyl (C=O) groups is 6. The Bertz CT molecular complexity index is 1470. The van der Waals surface area contributed by atoms with Crippen molar-refractivity contribution in [3.05, 3.63) is 107 Å². The Morgan fingerprint density at radius 3 is 1.70 bits per heavy atom. The van der Waals surface area contributed by atoms with E-state index in [0.717, 1.165) is 10.5 Å². The molecule has 3 aromatic rings. The Morgan fingerprint density at radius 2 is 1.19 bits per heavy atom. The lowest BCUT2D eigenvalue weighted by Crippen LogP contribution is -2.57. The van der Waals surface area contributed by atoms with E-state index in [-0.39, 0.29) is 24.3 Å². The number of ketones is 1. The minimum absolute atomic E-state index is 0.0354. The molecule has 4 amide bonds. The predicted molar refractivity (Wildman–Crippen MR) is 153 cm³/mol. The van der Waals surface area contributed by atoms with E-state index in [9.17, 15) is 28.8 Å². The van der Waals surface area contributed by atoms with Crippen LogP contribution in [0.25, 0.3) is 0 Å². The molecule has 2 N–H and O–H groups in total. The molecular formula is C32H31N3O8. The highest BCUT2D eigenvalue weighted by Gasteiger charge is 2.40. The largest absolute Gasteiger partial charge is 0.459 e. The zero-order chi connectivity index (χ0) is 30.9. The number of benzene rings is 3. The second-order valence-electron chi connectivity index (χ2n) is 10.2. The number of fused-ring (bicyclic) bond motifs is 1. The van der Waals surface area contributed by atoms with Gasteiger partial charge in [0.2, 0.25) is 5.91 Å². The fraction of sp³-hybridized carbons (Fsp3) is 0.250. The molecule has 0 saturated carbocycles. The fourth-order valence-corrected chi connectivity index (χ4v) is 4.37. The van der Waals surface area contributed by atoms with E-state index in [1.807, 2.05) is 6.07 Å². The van der Waals surface area contributed by atoms with Crippen LogP contribution < -0.4 is 10.6 Å². The summed E-state index contributed by atoms with van der Waals surface area (Å²) in [6, 6.07) is 20.6. The van der Waals surface area contributed by atoms with Gasteiger partial charge in [0, 0.05) is 0 Å². The molecule has 0 fully saturated rings. The van der Waals surface area contributed by atoms with Gasteiger partial charge in [-0.05, 0) is 29.2 Å². The second-order valence-corrected chi connectivity index (χ2v) is 10.2. The molecule has 222 valence electrons. The Balaban J connectivity index is 1.48. The van der Waals surface area contributed by atoms with Crippen molar-refractivity contribution in [1.29, 1.82) is 0 Å². The number of alkyl carbamates (subject to hydrolysis) is 1. The second kappa shape index (κ2) is 14.0. The van der Waals surface area contributed by atoms with Gasteiger partial charge in [-0.15, -0.1) is 0 Å². The van der Waals surface area contributed by atoms with Gasteiger partial charge in [-0.2, -0.15) is 0 Å². The molecule has 0 unspecified atom stereocenters. The molecular weight excluding hydrogens is 554 g/mol. The molecule has 0 radical (unpaired) electrons. The van der Waals surface area contributed by atoms with Crippen LogP contribution in [0.4, 0.5) is 4.79 Å². The number of hydrogen-bond donors (Lipinski definition) is 2. The van der Waals surface area contributed by atoms with Crippen molar-refractivity contribution in [3.8, 4) is 0 Å². The number of imide groups is 1. The molecule has 2 atom stereocenters. The minimum Gasteiger partial charge on any atom is -0.459 e. The lowest BCUT2D eigenvalue weighted by Gasteiger charge is -2.25. The Morgan fingerprint density at radius 1 is 0.698 bits per heavy atom. The number of amides is 4. The van der Waals surface area contributed by atoms with Crippen LogP contribution in [0.1, 0.15) is 45.7 Å². The molecule has 0 aromatic heterocycles. The van der Waals surface area contributed by atoms with E-state index in [0.29, 0.717) is 5.56 Å². The molecule has 0 spiro atoms. The van der Waals surface area contributed by atoms with Crippen LogP contribution >= 0.6 is 0 Å². The lowest BCUT2D eigenvalue weighted by molar-refractivity contribution is -0.152. The van der Waals surface area contributed by atoms with Gasteiger partial charge in [0.05, 0.1) is 17.7 Å². The topological polar surface area (TPSA) is 148 Å². The highest BCUT2D eigenvalue weighted by Crippen LogP contribution is 2.22. The third kappa shape index (κ3) is 7.70. The van der Waals surface area contributed by atoms with E-state index < -0.39 is 60.1 Å². The smallest absolute Gasteiger partial charge is 0.408 e. The van der Waals surface area contributed by atoms with Crippen LogP contribution in [0.3, 0.4) is 0 Å². The van der Waals surface area contributed by atoms with Gasteiger partial charge >= 0.3 is 12.1 Å². The van der Waals surface area contributed by atoms with Crippen LogP contribution in [0, 0.1) is 5.92 Å². The summed E-state index contributed by atoms with van der Waals surface area (Å²) < 4.78 is 10.5. The van der Waals surface area contributed by atoms with Crippen molar-refractivity contribution >= 4 is 35.6 Å². The predicted octanol–water partition coefficient (Wildman–Crippen LogP) is 3.03. The van der Waals surface area contributed by atoms with Crippen molar-refractivity contribution in [2.45, 2.75) is 39.1 Å². The first-order chi connectivity index (χ1) is 20.7. The van der Waals surface area contributed by atoms with Crippen LogP contribution in [0.15, 0.2) is 84.9 Å². The van der Waals surface area contributed by atoms with Crippen molar-refractivity contribution in [2.24, 2.45) is 5.92 Å². The maximum Gasteiger partial charge on any atom is 0.408 e. The van der Waals surface area contributed by atoms with Gasteiger partial charge < -0.3 is 20.1 Å². The van der Waals surface area contributed by atoms with E-state index in [1.165, 1.54) is 12.1 Å². The maximum absolute atomic E-state index is 13.4. The fourth-order valence-electron chi connectivity index (χ4n) is 4.37. The summed E-state index contributed by atoms with van der Waals surface area (Å²) in [7, 11) is 0. The van der Waals surface area contributed by atoms with E-state index in [1.54, 1.807) is 80.6 Å². The number of hydrogen-bond acceptors (Lipinski definition) is 8. The van der Waals surface area contributed by atoms with Gasteiger partial charge in [0.25, 0.3) is 11.8 Å². The normalized spacial score (nSPS) is 13.6. The van der Waals surface area contributed by atoms with Crippen LogP contribution in [0.5, 0.6) is 0 Å². The van der Waals surface area contributed by atoms with E-state index >= 15 is 0 Å². The van der Waals surface area contributed by atoms with Crippen LogP contribution in [-0.2, 0) is 37.1 Å². The van der Waals surface area contributed by atoms with E-state index in [2.05, 4.69) is 10.6 Å². The average Bonchev–Trinajstić information content (AvgIpc) is 3.25. The Hall–Kier alpha value is -5.32. The van der Waals surface area contributed by atoms with Gasteiger partial charge in [-0.25, -0.2) is 9.59 Å². The van der Waals surface area contributed by atoms with Gasteiger partial charge in [-0.3, -0.25) is 24.1 Å². The van der Waals surface area contributed by atoms with Crippen molar-refractivity contribution in [1.82, 2.24) is 15.5 Å². The number of esters is 1. The first kappa shape index (κ1) is 30.6.